The van der Waals surface area contributed by atoms with E-state index in [1.54, 1.807) is 30.1 Å². The summed E-state index contributed by atoms with van der Waals surface area (Å²) in [7, 11) is 0. The monoisotopic (exact) mass is 188 g/mol. The van der Waals surface area contributed by atoms with Crippen molar-refractivity contribution in [3.8, 4) is 0 Å². The van der Waals surface area contributed by atoms with Gasteiger partial charge >= 0.3 is 0 Å². The summed E-state index contributed by atoms with van der Waals surface area (Å²) in [5.74, 6) is 0. The Morgan fingerprint density at radius 3 is 3.31 bits per heavy atom. The second-order valence-electron chi connectivity index (χ2n) is 2.59. The summed E-state index contributed by atoms with van der Waals surface area (Å²) in [6, 6.07) is 1.94. The molecule has 0 spiro atoms. The van der Waals surface area contributed by atoms with Crippen LogP contribution < -0.4 is 0 Å². The Kier molecular flexibility index (Phi) is 1.28. The van der Waals surface area contributed by atoms with Gasteiger partial charge in [0.05, 0.1) is 16.3 Å². The van der Waals surface area contributed by atoms with E-state index in [1.165, 1.54) is 0 Å². The minimum Gasteiger partial charge on any atom is -0.244 e. The second-order valence-corrected chi connectivity index (χ2v) is 3.62. The maximum absolute atomic E-state index is 4.16. The summed E-state index contributed by atoms with van der Waals surface area (Å²) < 4.78 is 1.10. The molecule has 0 unspecified atom stereocenters. The van der Waals surface area contributed by atoms with Crippen LogP contribution in [0.2, 0.25) is 0 Å². The predicted molar refractivity (Wildman–Crippen MR) is 50.5 cm³/mol. The van der Waals surface area contributed by atoms with Gasteiger partial charge in [0, 0.05) is 6.20 Å². The quantitative estimate of drug-likeness (QED) is 0.538. The minimum atomic E-state index is 0.892. The van der Waals surface area contributed by atoms with Crippen molar-refractivity contribution in [3.05, 3.63) is 24.8 Å². The molecule has 0 aliphatic heterocycles. The third-order valence-corrected chi connectivity index (χ3v) is 2.89. The summed E-state index contributed by atoms with van der Waals surface area (Å²) in [4.78, 5) is 9.08. The van der Waals surface area contributed by atoms with Crippen LogP contribution in [0.3, 0.4) is 0 Å². The number of thiophene rings is 1. The molecule has 0 N–H and O–H groups in total. The molecular weight excluding hydrogens is 184 g/mol. The molecular formula is C8H4N4S. The van der Waals surface area contributed by atoms with Crippen molar-refractivity contribution in [3.63, 3.8) is 0 Å². The van der Waals surface area contributed by atoms with E-state index in [-0.39, 0.29) is 0 Å². The summed E-state index contributed by atoms with van der Waals surface area (Å²) >= 11 is 1.61. The van der Waals surface area contributed by atoms with Crippen LogP contribution in [0.25, 0.3) is 20.4 Å². The van der Waals surface area contributed by atoms with Crippen molar-refractivity contribution in [1.29, 1.82) is 0 Å². The van der Waals surface area contributed by atoms with Crippen molar-refractivity contribution in [1.82, 2.24) is 20.2 Å². The fraction of sp³-hybridized carbons (Fsp3) is 0. The van der Waals surface area contributed by atoms with Gasteiger partial charge < -0.3 is 0 Å². The van der Waals surface area contributed by atoms with Crippen molar-refractivity contribution in [2.75, 3.05) is 0 Å². The Morgan fingerprint density at radius 2 is 2.31 bits per heavy atom. The van der Waals surface area contributed by atoms with Crippen molar-refractivity contribution >= 4 is 31.8 Å². The van der Waals surface area contributed by atoms with Gasteiger partial charge in [-0.1, -0.05) is 0 Å². The largest absolute Gasteiger partial charge is 0.244 e. The molecule has 3 aromatic heterocycles. The normalized spacial score (nSPS) is 11.1. The van der Waals surface area contributed by atoms with Crippen LogP contribution in [-0.4, -0.2) is 20.2 Å². The molecule has 3 aromatic rings. The molecule has 0 aromatic carbocycles. The smallest absolute Gasteiger partial charge is 0.129 e. The van der Waals surface area contributed by atoms with Gasteiger partial charge in [-0.25, -0.2) is 9.97 Å². The van der Waals surface area contributed by atoms with E-state index in [2.05, 4.69) is 20.2 Å². The first-order chi connectivity index (χ1) is 6.45. The average Bonchev–Trinajstić information content (AvgIpc) is 2.56. The Hall–Kier alpha value is -1.62. The standard InChI is InChI=1S/C8H4N4S/c1-2-11-12-7-5-3-9-4-10-8(5)13-6(1)7/h1-4H. The lowest BCUT2D eigenvalue weighted by atomic mass is 10.3. The van der Waals surface area contributed by atoms with E-state index >= 15 is 0 Å². The van der Waals surface area contributed by atoms with Gasteiger partial charge in [0.15, 0.2) is 0 Å². The van der Waals surface area contributed by atoms with Crippen LogP contribution in [0.5, 0.6) is 0 Å². The molecule has 3 rings (SSSR count). The van der Waals surface area contributed by atoms with Crippen LogP contribution in [-0.2, 0) is 0 Å². The zero-order chi connectivity index (χ0) is 8.67. The van der Waals surface area contributed by atoms with Crippen molar-refractivity contribution in [2.24, 2.45) is 0 Å². The molecule has 0 saturated heterocycles. The van der Waals surface area contributed by atoms with E-state index in [9.17, 15) is 0 Å². The molecule has 0 bridgehead atoms. The van der Waals surface area contributed by atoms with E-state index in [0.717, 1.165) is 20.4 Å². The summed E-state index contributed by atoms with van der Waals surface area (Å²) in [6.45, 7) is 0. The fourth-order valence-electron chi connectivity index (χ4n) is 1.26. The number of hydrogen-bond acceptors (Lipinski definition) is 5. The highest BCUT2D eigenvalue weighted by Crippen LogP contribution is 2.28. The third kappa shape index (κ3) is 0.905. The van der Waals surface area contributed by atoms with Crippen molar-refractivity contribution < 1.29 is 0 Å². The molecule has 62 valence electrons. The zero-order valence-corrected chi connectivity index (χ0v) is 7.32. The second kappa shape index (κ2) is 2.43. The third-order valence-electron chi connectivity index (χ3n) is 1.82. The molecule has 0 aliphatic rings. The van der Waals surface area contributed by atoms with Gasteiger partial charge in [0.1, 0.15) is 16.7 Å². The van der Waals surface area contributed by atoms with Gasteiger partial charge in [-0.15, -0.1) is 16.4 Å². The van der Waals surface area contributed by atoms with Gasteiger partial charge in [0.2, 0.25) is 0 Å². The SMILES string of the molecule is c1cc2sc3ncncc3c2nn1. The van der Waals surface area contributed by atoms with Crippen LogP contribution >= 0.6 is 11.3 Å². The Bertz CT molecular complexity index is 524. The number of aromatic nitrogens is 4. The molecule has 0 aliphatic carbocycles. The molecule has 0 fully saturated rings. The van der Waals surface area contributed by atoms with E-state index in [1.807, 2.05) is 6.07 Å². The highest BCUT2D eigenvalue weighted by atomic mass is 32.1. The lowest BCUT2D eigenvalue weighted by Gasteiger charge is -1.85. The Labute approximate surface area is 77.3 Å². The fourth-order valence-corrected chi connectivity index (χ4v) is 2.20. The van der Waals surface area contributed by atoms with Crippen LogP contribution in [0.15, 0.2) is 24.8 Å². The lowest BCUT2D eigenvalue weighted by molar-refractivity contribution is 1.08. The van der Waals surface area contributed by atoms with Crippen LogP contribution in [0, 0.1) is 0 Å². The Morgan fingerprint density at radius 1 is 1.31 bits per heavy atom. The van der Waals surface area contributed by atoms with Gasteiger partial charge in [-0.3, -0.25) is 0 Å². The molecule has 4 nitrogen and oxygen atoms in total. The van der Waals surface area contributed by atoms with E-state index in [0.29, 0.717) is 0 Å². The molecule has 13 heavy (non-hydrogen) atoms. The minimum absolute atomic E-state index is 0.892. The molecule has 0 saturated carbocycles. The Balaban J connectivity index is 2.64. The predicted octanol–water partition coefficient (Wildman–Crippen LogP) is 1.63. The lowest BCUT2D eigenvalue weighted by Crippen LogP contribution is -1.79. The summed E-state index contributed by atoms with van der Waals surface area (Å²) in [5, 5.41) is 8.87. The maximum Gasteiger partial charge on any atom is 0.129 e. The summed E-state index contributed by atoms with van der Waals surface area (Å²) in [5.41, 5.74) is 0.892. The first-order valence-electron chi connectivity index (χ1n) is 3.75. The number of nitrogens with zero attached hydrogens (tertiary/aromatic N) is 4. The van der Waals surface area contributed by atoms with Crippen LogP contribution in [0.1, 0.15) is 0 Å². The summed E-state index contributed by atoms with van der Waals surface area (Å²) in [6.07, 6.45) is 5.01. The molecule has 5 heteroatoms. The number of fused-ring (bicyclic) bond motifs is 3. The molecule has 0 atom stereocenters. The van der Waals surface area contributed by atoms with Gasteiger partial charge in [0.25, 0.3) is 0 Å². The highest BCUT2D eigenvalue weighted by Gasteiger charge is 2.05. The zero-order valence-electron chi connectivity index (χ0n) is 6.51. The van der Waals surface area contributed by atoms with Crippen LogP contribution in [0.4, 0.5) is 0 Å². The molecule has 0 amide bonds. The maximum atomic E-state index is 4.16. The van der Waals surface area contributed by atoms with E-state index < -0.39 is 0 Å². The van der Waals surface area contributed by atoms with Gasteiger partial charge in [-0.2, -0.15) is 5.10 Å². The molecule has 3 heterocycles. The first kappa shape index (κ1) is 6.85. The van der Waals surface area contributed by atoms with E-state index in [4.69, 9.17) is 0 Å². The average molecular weight is 188 g/mol. The highest BCUT2D eigenvalue weighted by molar-refractivity contribution is 7.25. The first-order valence-corrected chi connectivity index (χ1v) is 4.57. The van der Waals surface area contributed by atoms with Gasteiger partial charge in [-0.05, 0) is 6.07 Å². The number of rotatable bonds is 0. The topological polar surface area (TPSA) is 51.6 Å². The van der Waals surface area contributed by atoms with Crippen molar-refractivity contribution in [2.45, 2.75) is 0 Å². The number of hydrogen-bond donors (Lipinski definition) is 0. The molecule has 0 radical (unpaired) electrons.